The summed E-state index contributed by atoms with van der Waals surface area (Å²) >= 11 is 1.19. The maximum atomic E-state index is 12.1. The lowest BCUT2D eigenvalue weighted by atomic mass is 9.97. The van der Waals surface area contributed by atoms with Crippen molar-refractivity contribution in [2.24, 2.45) is 0 Å². The second kappa shape index (κ2) is 8.03. The molecule has 2 rings (SSSR count). The number of nitrogen functional groups attached to an aromatic ring is 1. The van der Waals surface area contributed by atoms with Gasteiger partial charge in [0.2, 0.25) is 5.91 Å². The number of hydrogen-bond donors (Lipinski definition) is 3. The van der Waals surface area contributed by atoms with Crippen LogP contribution in [0.3, 0.4) is 0 Å². The second-order valence-electron chi connectivity index (χ2n) is 5.38. The van der Waals surface area contributed by atoms with E-state index >= 15 is 0 Å². The fraction of sp³-hybridized carbons (Fsp3) is 0.533. The Morgan fingerprint density at radius 1 is 1.55 bits per heavy atom. The summed E-state index contributed by atoms with van der Waals surface area (Å²) in [6, 6.07) is 1.21. The number of anilines is 1. The van der Waals surface area contributed by atoms with E-state index in [9.17, 15) is 9.59 Å². The average Bonchev–Trinajstić information content (AvgIpc) is 2.47. The number of allylic oxidation sites excluding steroid dienone is 1. The van der Waals surface area contributed by atoms with Gasteiger partial charge in [-0.2, -0.15) is 0 Å². The lowest BCUT2D eigenvalue weighted by Gasteiger charge is -2.14. The second-order valence-corrected chi connectivity index (χ2v) is 6.71. The normalized spacial score (nSPS) is 16.0. The number of aromatic nitrogens is 2. The van der Waals surface area contributed by atoms with Gasteiger partial charge in [-0.3, -0.25) is 9.59 Å². The highest BCUT2D eigenvalue weighted by molar-refractivity contribution is 8.00. The number of nitrogens with zero attached hydrogens (tertiary/aromatic N) is 1. The molecule has 0 unspecified atom stereocenters. The van der Waals surface area contributed by atoms with Gasteiger partial charge in [0.25, 0.3) is 5.56 Å². The molecule has 120 valence electrons. The Balaban J connectivity index is 1.79. The summed E-state index contributed by atoms with van der Waals surface area (Å²) in [7, 11) is 0. The molecule has 1 aromatic rings. The van der Waals surface area contributed by atoms with Gasteiger partial charge < -0.3 is 16.0 Å². The molecule has 1 atom stereocenters. The van der Waals surface area contributed by atoms with Gasteiger partial charge in [-0.15, -0.1) is 0 Å². The number of carbonyl (C=O) groups excluding carboxylic acids is 1. The van der Waals surface area contributed by atoms with E-state index in [-0.39, 0.29) is 22.5 Å². The summed E-state index contributed by atoms with van der Waals surface area (Å²) in [5.74, 6) is 0.0922. The maximum absolute atomic E-state index is 12.1. The van der Waals surface area contributed by atoms with Crippen LogP contribution in [0.25, 0.3) is 0 Å². The molecule has 0 fully saturated rings. The predicted molar refractivity (Wildman–Crippen MR) is 88.8 cm³/mol. The van der Waals surface area contributed by atoms with Crippen molar-refractivity contribution in [3.63, 3.8) is 0 Å². The van der Waals surface area contributed by atoms with Crippen molar-refractivity contribution >= 4 is 23.5 Å². The Kier molecular flexibility index (Phi) is 6.06. The first-order valence-electron chi connectivity index (χ1n) is 7.53. The maximum Gasteiger partial charge on any atom is 0.253 e. The number of H-pyrrole nitrogens is 1. The van der Waals surface area contributed by atoms with Gasteiger partial charge in [0, 0.05) is 12.6 Å². The molecule has 0 saturated carbocycles. The minimum absolute atomic E-state index is 0.0634. The van der Waals surface area contributed by atoms with E-state index in [0.29, 0.717) is 11.7 Å². The molecule has 0 aliphatic heterocycles. The minimum Gasteiger partial charge on any atom is -0.383 e. The molecule has 1 aliphatic rings. The van der Waals surface area contributed by atoms with Gasteiger partial charge >= 0.3 is 0 Å². The van der Waals surface area contributed by atoms with Crippen molar-refractivity contribution in [2.75, 3.05) is 12.3 Å². The number of nitrogens with two attached hydrogens (primary N) is 1. The first-order chi connectivity index (χ1) is 10.5. The van der Waals surface area contributed by atoms with Gasteiger partial charge in [0.05, 0.1) is 5.25 Å². The zero-order valence-electron chi connectivity index (χ0n) is 12.7. The van der Waals surface area contributed by atoms with Crippen molar-refractivity contribution in [3.05, 3.63) is 28.1 Å². The molecule has 0 bridgehead atoms. The van der Waals surface area contributed by atoms with Crippen molar-refractivity contribution < 1.29 is 4.79 Å². The fourth-order valence-electron chi connectivity index (χ4n) is 2.35. The summed E-state index contributed by atoms with van der Waals surface area (Å²) in [4.78, 5) is 29.9. The van der Waals surface area contributed by atoms with Crippen molar-refractivity contribution in [2.45, 2.75) is 49.4 Å². The van der Waals surface area contributed by atoms with Gasteiger partial charge in [-0.1, -0.05) is 23.4 Å². The Morgan fingerprint density at radius 2 is 2.36 bits per heavy atom. The topological polar surface area (TPSA) is 101 Å². The smallest absolute Gasteiger partial charge is 0.253 e. The van der Waals surface area contributed by atoms with E-state index in [1.807, 2.05) is 0 Å². The fourth-order valence-corrected chi connectivity index (χ4v) is 3.19. The average molecular weight is 322 g/mol. The molecular weight excluding hydrogens is 300 g/mol. The molecule has 0 aromatic carbocycles. The third kappa shape index (κ3) is 5.22. The van der Waals surface area contributed by atoms with E-state index in [1.165, 1.54) is 36.2 Å². The van der Waals surface area contributed by atoms with Crippen LogP contribution in [0.5, 0.6) is 0 Å². The first kappa shape index (κ1) is 16.6. The summed E-state index contributed by atoms with van der Waals surface area (Å²) < 4.78 is 0. The Bertz CT molecular complexity index is 612. The molecule has 7 heteroatoms. The van der Waals surface area contributed by atoms with Crippen LogP contribution >= 0.6 is 11.8 Å². The van der Waals surface area contributed by atoms with Crippen LogP contribution < -0.4 is 16.6 Å². The predicted octanol–water partition coefficient (Wildman–Crippen LogP) is 1.84. The van der Waals surface area contributed by atoms with Crippen LogP contribution in [-0.4, -0.2) is 27.7 Å². The highest BCUT2D eigenvalue weighted by Gasteiger charge is 2.16. The van der Waals surface area contributed by atoms with Gasteiger partial charge in [-0.05, 0) is 39.0 Å². The lowest BCUT2D eigenvalue weighted by Crippen LogP contribution is -2.32. The molecule has 0 spiro atoms. The molecule has 1 aromatic heterocycles. The van der Waals surface area contributed by atoms with Crippen molar-refractivity contribution in [1.29, 1.82) is 0 Å². The van der Waals surface area contributed by atoms with Gasteiger partial charge in [0.15, 0.2) is 5.16 Å². The van der Waals surface area contributed by atoms with Crippen molar-refractivity contribution in [3.8, 4) is 0 Å². The van der Waals surface area contributed by atoms with E-state index in [1.54, 1.807) is 6.92 Å². The molecule has 22 heavy (non-hydrogen) atoms. The number of rotatable bonds is 6. The standard InChI is InChI=1S/C15H22N4O2S/c1-10(22-15-18-12(16)9-13(20)19-15)14(21)17-8-7-11-5-3-2-4-6-11/h5,9-10H,2-4,6-8H2,1H3,(H,17,21)(H3,16,18,19,20)/t10-/m0/s1. The van der Waals surface area contributed by atoms with Crippen LogP contribution in [0.1, 0.15) is 39.0 Å². The highest BCUT2D eigenvalue weighted by atomic mass is 32.2. The molecule has 1 heterocycles. The van der Waals surface area contributed by atoms with Gasteiger partial charge in [0.1, 0.15) is 5.82 Å². The highest BCUT2D eigenvalue weighted by Crippen LogP contribution is 2.20. The number of amides is 1. The molecule has 0 saturated heterocycles. The Hall–Kier alpha value is -1.76. The van der Waals surface area contributed by atoms with Crippen LogP contribution in [0.4, 0.5) is 5.82 Å². The molecule has 1 aliphatic carbocycles. The molecule has 1 amide bonds. The Morgan fingerprint density at radius 3 is 3.05 bits per heavy atom. The number of aromatic amines is 1. The lowest BCUT2D eigenvalue weighted by molar-refractivity contribution is -0.120. The number of thioether (sulfide) groups is 1. The third-order valence-corrected chi connectivity index (χ3v) is 4.51. The van der Waals surface area contributed by atoms with Crippen LogP contribution in [0, 0.1) is 0 Å². The summed E-state index contributed by atoms with van der Waals surface area (Å²) in [5.41, 5.74) is 6.65. The zero-order chi connectivity index (χ0) is 15.9. The number of hydrogen-bond acceptors (Lipinski definition) is 5. The molecular formula is C15H22N4O2S. The summed E-state index contributed by atoms with van der Waals surface area (Å²) in [6.07, 6.45) is 8.03. The minimum atomic E-state index is -0.342. The molecule has 0 radical (unpaired) electrons. The Labute approximate surface area is 134 Å². The largest absolute Gasteiger partial charge is 0.383 e. The van der Waals surface area contributed by atoms with Crippen LogP contribution in [-0.2, 0) is 4.79 Å². The zero-order valence-corrected chi connectivity index (χ0v) is 13.5. The summed E-state index contributed by atoms with van der Waals surface area (Å²) in [5, 5.41) is 2.95. The van der Waals surface area contributed by atoms with Crippen molar-refractivity contribution in [1.82, 2.24) is 15.3 Å². The first-order valence-corrected chi connectivity index (χ1v) is 8.41. The summed E-state index contributed by atoms with van der Waals surface area (Å²) in [6.45, 7) is 2.43. The SMILES string of the molecule is C[C@H](Sc1nc(N)cc(=O)[nH]1)C(=O)NCCC1=CCCCC1. The van der Waals surface area contributed by atoms with E-state index in [0.717, 1.165) is 19.3 Å². The van der Waals surface area contributed by atoms with Gasteiger partial charge in [-0.25, -0.2) is 4.98 Å². The molecule has 6 nitrogen and oxygen atoms in total. The van der Waals surface area contributed by atoms with Crippen LogP contribution in [0.2, 0.25) is 0 Å². The molecule has 4 N–H and O–H groups in total. The monoisotopic (exact) mass is 322 g/mol. The van der Waals surface area contributed by atoms with E-state index in [4.69, 9.17) is 5.73 Å². The van der Waals surface area contributed by atoms with E-state index in [2.05, 4.69) is 21.4 Å². The third-order valence-electron chi connectivity index (χ3n) is 3.53. The quantitative estimate of drug-likeness (QED) is 0.421. The van der Waals surface area contributed by atoms with E-state index < -0.39 is 0 Å². The number of carbonyl (C=O) groups is 1. The van der Waals surface area contributed by atoms with Crippen LogP contribution in [0.15, 0.2) is 27.7 Å². The number of nitrogens with one attached hydrogen (secondary N) is 2.